The van der Waals surface area contributed by atoms with E-state index in [9.17, 15) is 5.11 Å². The first kappa shape index (κ1) is 17.9. The van der Waals surface area contributed by atoms with Crippen LogP contribution in [-0.4, -0.2) is 50.0 Å². The molecule has 0 amide bonds. The molecule has 29 heavy (non-hydrogen) atoms. The fourth-order valence-electron chi connectivity index (χ4n) is 4.23. The molecule has 1 saturated heterocycles. The second-order valence-corrected chi connectivity index (χ2v) is 8.01. The number of phenols is 1. The van der Waals surface area contributed by atoms with Crippen LogP contribution in [0, 0.1) is 0 Å². The second-order valence-electron chi connectivity index (χ2n) is 8.01. The number of anilines is 1. The van der Waals surface area contributed by atoms with Gasteiger partial charge in [-0.25, -0.2) is 9.97 Å². The SMILES string of the molecule is C[C@@H]1CN(c2ccc3nc(-c4cc5cn(C)nc5cc4O)ccc3n2)C[C@H](C)N1. The predicted molar refractivity (Wildman–Crippen MR) is 115 cm³/mol. The highest BCUT2D eigenvalue weighted by molar-refractivity contribution is 5.88. The molecular formula is C22H24N6O. The molecule has 0 unspecified atom stereocenters. The number of aromatic hydroxyl groups is 1. The highest BCUT2D eigenvalue weighted by Crippen LogP contribution is 2.33. The van der Waals surface area contributed by atoms with Crippen LogP contribution in [0.3, 0.4) is 0 Å². The summed E-state index contributed by atoms with van der Waals surface area (Å²) in [7, 11) is 1.87. The first-order valence-electron chi connectivity index (χ1n) is 9.92. The van der Waals surface area contributed by atoms with Gasteiger partial charge in [0, 0.05) is 55.4 Å². The lowest BCUT2D eigenvalue weighted by Gasteiger charge is -2.36. The number of hydrogen-bond acceptors (Lipinski definition) is 6. The molecule has 0 aliphatic carbocycles. The van der Waals surface area contributed by atoms with Gasteiger partial charge in [-0.05, 0) is 44.2 Å². The Balaban J connectivity index is 1.52. The van der Waals surface area contributed by atoms with Gasteiger partial charge in [-0.3, -0.25) is 4.68 Å². The smallest absolute Gasteiger partial charge is 0.129 e. The maximum Gasteiger partial charge on any atom is 0.129 e. The number of nitrogens with zero attached hydrogens (tertiary/aromatic N) is 5. The Bertz CT molecular complexity index is 1210. The van der Waals surface area contributed by atoms with Gasteiger partial charge in [0.25, 0.3) is 0 Å². The van der Waals surface area contributed by atoms with Gasteiger partial charge in [0.2, 0.25) is 0 Å². The molecule has 3 aromatic heterocycles. The normalized spacial score (nSPS) is 19.9. The van der Waals surface area contributed by atoms with E-state index in [1.54, 1.807) is 10.7 Å². The van der Waals surface area contributed by atoms with Crippen LogP contribution in [0.2, 0.25) is 0 Å². The van der Waals surface area contributed by atoms with Gasteiger partial charge in [0.1, 0.15) is 11.6 Å². The molecule has 7 heteroatoms. The quantitative estimate of drug-likeness (QED) is 0.549. The number of nitrogens with one attached hydrogen (secondary N) is 1. The zero-order chi connectivity index (χ0) is 20.1. The molecular weight excluding hydrogens is 364 g/mol. The first-order valence-corrected chi connectivity index (χ1v) is 9.92. The van der Waals surface area contributed by atoms with Crippen molar-refractivity contribution in [2.45, 2.75) is 25.9 Å². The highest BCUT2D eigenvalue weighted by Gasteiger charge is 2.22. The van der Waals surface area contributed by atoms with Gasteiger partial charge in [0.05, 0.1) is 22.2 Å². The van der Waals surface area contributed by atoms with Gasteiger partial charge in [-0.2, -0.15) is 5.10 Å². The minimum absolute atomic E-state index is 0.177. The topological polar surface area (TPSA) is 79.1 Å². The van der Waals surface area contributed by atoms with E-state index in [-0.39, 0.29) is 5.75 Å². The summed E-state index contributed by atoms with van der Waals surface area (Å²) in [4.78, 5) is 11.9. The fourth-order valence-corrected chi connectivity index (χ4v) is 4.23. The summed E-state index contributed by atoms with van der Waals surface area (Å²) >= 11 is 0. The number of rotatable bonds is 2. The Hall–Kier alpha value is -3.19. The molecule has 4 aromatic rings. The molecule has 1 aromatic carbocycles. The van der Waals surface area contributed by atoms with Crippen molar-refractivity contribution < 1.29 is 5.11 Å². The second kappa shape index (κ2) is 6.70. The Kier molecular flexibility index (Phi) is 4.13. The molecule has 5 rings (SSSR count). The average Bonchev–Trinajstić information content (AvgIpc) is 3.04. The standard InChI is InChI=1S/C22H24N6O/c1-13-10-28(11-14(2)23-13)22-7-6-18-19(25-22)5-4-17(24-18)16-8-15-12-27(3)26-20(15)9-21(16)29/h4-9,12-14,23,29H,10-11H2,1-3H3/t13-,14+. The van der Waals surface area contributed by atoms with Gasteiger partial charge >= 0.3 is 0 Å². The fraction of sp³-hybridized carbons (Fsp3) is 0.318. The number of benzene rings is 1. The number of hydrogen-bond donors (Lipinski definition) is 2. The molecule has 2 atom stereocenters. The number of piperazine rings is 1. The van der Waals surface area contributed by atoms with Crippen LogP contribution in [0.4, 0.5) is 5.82 Å². The number of phenolic OH excluding ortho intramolecular Hbond substituents is 1. The molecule has 7 nitrogen and oxygen atoms in total. The van der Waals surface area contributed by atoms with E-state index in [4.69, 9.17) is 9.97 Å². The van der Waals surface area contributed by atoms with E-state index in [1.807, 2.05) is 43.6 Å². The lowest BCUT2D eigenvalue weighted by Crippen LogP contribution is -2.54. The molecule has 0 spiro atoms. The summed E-state index contributed by atoms with van der Waals surface area (Å²) in [5, 5.41) is 19.4. The molecule has 1 aliphatic rings. The van der Waals surface area contributed by atoms with Gasteiger partial charge < -0.3 is 15.3 Å². The summed E-state index contributed by atoms with van der Waals surface area (Å²) in [6.07, 6.45) is 1.93. The molecule has 148 valence electrons. The molecule has 0 radical (unpaired) electrons. The Morgan fingerprint density at radius 1 is 0.966 bits per heavy atom. The molecule has 0 bridgehead atoms. The summed E-state index contributed by atoms with van der Waals surface area (Å²) in [6, 6.07) is 12.4. The van der Waals surface area contributed by atoms with Crippen molar-refractivity contribution in [2.24, 2.45) is 7.05 Å². The summed E-state index contributed by atoms with van der Waals surface area (Å²) in [6.45, 7) is 6.27. The zero-order valence-corrected chi connectivity index (χ0v) is 16.8. The van der Waals surface area contributed by atoms with E-state index < -0.39 is 0 Å². The van der Waals surface area contributed by atoms with Crippen molar-refractivity contribution in [2.75, 3.05) is 18.0 Å². The van der Waals surface area contributed by atoms with Gasteiger partial charge in [0.15, 0.2) is 0 Å². The molecule has 1 fully saturated rings. The summed E-state index contributed by atoms with van der Waals surface area (Å²) in [5.74, 6) is 1.16. The number of aryl methyl sites for hydroxylation is 1. The Labute approximate surface area is 169 Å². The number of pyridine rings is 2. The third-order valence-electron chi connectivity index (χ3n) is 5.42. The van der Waals surface area contributed by atoms with Crippen LogP contribution in [0.15, 0.2) is 42.6 Å². The van der Waals surface area contributed by atoms with E-state index >= 15 is 0 Å². The predicted octanol–water partition coefficient (Wildman–Crippen LogP) is 3.08. The molecule has 2 N–H and O–H groups in total. The van der Waals surface area contributed by atoms with Gasteiger partial charge in [-0.1, -0.05) is 0 Å². The van der Waals surface area contributed by atoms with Crippen molar-refractivity contribution >= 4 is 27.8 Å². The van der Waals surface area contributed by atoms with E-state index in [0.29, 0.717) is 17.6 Å². The highest BCUT2D eigenvalue weighted by atomic mass is 16.3. The van der Waals surface area contributed by atoms with Crippen molar-refractivity contribution in [3.05, 3.63) is 42.6 Å². The Morgan fingerprint density at radius 3 is 2.48 bits per heavy atom. The van der Waals surface area contributed by atoms with Crippen LogP contribution >= 0.6 is 0 Å². The first-order chi connectivity index (χ1) is 14.0. The largest absolute Gasteiger partial charge is 0.507 e. The van der Waals surface area contributed by atoms with Crippen LogP contribution in [0.5, 0.6) is 5.75 Å². The minimum atomic E-state index is 0.177. The van der Waals surface area contributed by atoms with E-state index in [2.05, 4.69) is 29.2 Å². The van der Waals surface area contributed by atoms with Crippen molar-refractivity contribution in [1.29, 1.82) is 0 Å². The maximum absolute atomic E-state index is 10.5. The van der Waals surface area contributed by atoms with Crippen LogP contribution in [0.1, 0.15) is 13.8 Å². The maximum atomic E-state index is 10.5. The van der Waals surface area contributed by atoms with Gasteiger partial charge in [-0.15, -0.1) is 0 Å². The Morgan fingerprint density at radius 2 is 1.69 bits per heavy atom. The minimum Gasteiger partial charge on any atom is -0.507 e. The van der Waals surface area contributed by atoms with E-state index in [0.717, 1.165) is 46.5 Å². The van der Waals surface area contributed by atoms with Crippen LogP contribution in [-0.2, 0) is 7.05 Å². The third-order valence-corrected chi connectivity index (χ3v) is 5.42. The summed E-state index contributed by atoms with van der Waals surface area (Å²) in [5.41, 5.74) is 3.85. The monoisotopic (exact) mass is 388 g/mol. The summed E-state index contributed by atoms with van der Waals surface area (Å²) < 4.78 is 1.74. The average molecular weight is 388 g/mol. The van der Waals surface area contributed by atoms with Crippen molar-refractivity contribution in [3.63, 3.8) is 0 Å². The van der Waals surface area contributed by atoms with Crippen molar-refractivity contribution in [1.82, 2.24) is 25.1 Å². The third kappa shape index (κ3) is 3.27. The van der Waals surface area contributed by atoms with Crippen molar-refractivity contribution in [3.8, 4) is 17.0 Å². The molecule has 0 saturated carbocycles. The number of aromatic nitrogens is 4. The molecule has 1 aliphatic heterocycles. The van der Waals surface area contributed by atoms with Crippen LogP contribution < -0.4 is 10.2 Å². The molecule has 4 heterocycles. The lowest BCUT2D eigenvalue weighted by atomic mass is 10.1. The van der Waals surface area contributed by atoms with Crippen LogP contribution in [0.25, 0.3) is 33.2 Å². The zero-order valence-electron chi connectivity index (χ0n) is 16.8. The van der Waals surface area contributed by atoms with E-state index in [1.165, 1.54) is 0 Å². The lowest BCUT2D eigenvalue weighted by molar-refractivity contribution is 0.405. The number of fused-ring (bicyclic) bond motifs is 2.